The third-order valence-corrected chi connectivity index (χ3v) is 4.55. The Morgan fingerprint density at radius 3 is 2.76 bits per heavy atom. The Balaban J connectivity index is 1.98. The Morgan fingerprint density at radius 2 is 2.05 bits per heavy atom. The first-order valence-corrected chi connectivity index (χ1v) is 7.51. The number of aromatic carboxylic acids is 1. The van der Waals surface area contributed by atoms with Gasteiger partial charge in [0.1, 0.15) is 0 Å². The minimum atomic E-state index is -1.18. The van der Waals surface area contributed by atoms with Gasteiger partial charge in [0, 0.05) is 0 Å². The second kappa shape index (κ2) is 5.50. The van der Waals surface area contributed by atoms with Gasteiger partial charge in [0.2, 0.25) is 0 Å². The van der Waals surface area contributed by atoms with E-state index in [1.54, 1.807) is 0 Å². The summed E-state index contributed by atoms with van der Waals surface area (Å²) >= 11 is 4.09. The highest BCUT2D eigenvalue weighted by Gasteiger charge is 2.17. The van der Waals surface area contributed by atoms with Gasteiger partial charge in [0.25, 0.3) is 0 Å². The molecule has 1 heterocycles. The summed E-state index contributed by atoms with van der Waals surface area (Å²) in [4.78, 5) is 18.7. The molecule has 7 heteroatoms. The molecule has 106 valence electrons. The van der Waals surface area contributed by atoms with Crippen LogP contribution < -0.4 is 0 Å². The topological polar surface area (TPSA) is 66.0 Å². The van der Waals surface area contributed by atoms with Gasteiger partial charge >= 0.3 is 5.97 Å². The minimum absolute atomic E-state index is 0.0592. The number of H-pyrrole nitrogens is 1. The number of benzene rings is 2. The molecule has 3 aromatic rings. The molecule has 2 aromatic carbocycles. The zero-order valence-electron chi connectivity index (χ0n) is 10.4. The molecular weight excluding hydrogens is 359 g/mol. The van der Waals surface area contributed by atoms with Gasteiger partial charge < -0.3 is 10.1 Å². The number of hydrogen-bond acceptors (Lipinski definition) is 3. The van der Waals surface area contributed by atoms with Crippen LogP contribution in [0.4, 0.5) is 4.39 Å². The molecule has 0 aliphatic carbocycles. The lowest BCUT2D eigenvalue weighted by atomic mass is 10.2. The summed E-state index contributed by atoms with van der Waals surface area (Å²) in [6.45, 7) is 0. The maximum atomic E-state index is 14.2. The van der Waals surface area contributed by atoms with E-state index in [1.165, 1.54) is 12.1 Å². The highest BCUT2D eigenvalue weighted by atomic mass is 79.9. The number of aromatic nitrogens is 2. The maximum Gasteiger partial charge on any atom is 0.336 e. The summed E-state index contributed by atoms with van der Waals surface area (Å²) < 4.78 is 14.1. The van der Waals surface area contributed by atoms with E-state index in [2.05, 4.69) is 25.9 Å². The summed E-state index contributed by atoms with van der Waals surface area (Å²) in [7, 11) is 0. The Morgan fingerprint density at radius 1 is 1.29 bits per heavy atom. The van der Waals surface area contributed by atoms with E-state index in [0.717, 1.165) is 22.8 Å². The molecule has 0 spiro atoms. The molecule has 0 saturated carbocycles. The quantitative estimate of drug-likeness (QED) is 0.724. The first-order valence-electron chi connectivity index (χ1n) is 5.90. The van der Waals surface area contributed by atoms with E-state index in [-0.39, 0.29) is 10.0 Å². The molecular formula is C14H8BrFN2O2S. The van der Waals surface area contributed by atoms with E-state index in [4.69, 9.17) is 5.11 Å². The van der Waals surface area contributed by atoms with E-state index < -0.39 is 11.8 Å². The van der Waals surface area contributed by atoms with Crippen molar-refractivity contribution in [3.63, 3.8) is 0 Å². The number of fused-ring (bicyclic) bond motifs is 1. The lowest BCUT2D eigenvalue weighted by molar-refractivity contribution is 0.0695. The summed E-state index contributed by atoms with van der Waals surface area (Å²) in [5, 5.41) is 9.49. The summed E-state index contributed by atoms with van der Waals surface area (Å²) in [5.74, 6) is -1.79. The van der Waals surface area contributed by atoms with Gasteiger partial charge in [0.15, 0.2) is 11.0 Å². The van der Waals surface area contributed by atoms with E-state index in [1.807, 2.05) is 24.3 Å². The molecule has 2 N–H and O–H groups in total. The lowest BCUT2D eigenvalue weighted by Crippen LogP contribution is -2.00. The van der Waals surface area contributed by atoms with Gasteiger partial charge in [-0.1, -0.05) is 12.1 Å². The standard InChI is InChI=1S/C14H8BrFN2O2S/c15-11-7(13(19)20)5-6-10(12(11)16)21-14-17-8-3-1-2-4-9(8)18-14/h1-6H,(H,17,18)(H,19,20). The Labute approximate surface area is 131 Å². The van der Waals surface area contributed by atoms with Crippen molar-refractivity contribution in [2.75, 3.05) is 0 Å². The summed E-state index contributed by atoms with van der Waals surface area (Å²) in [6.07, 6.45) is 0. The first-order chi connectivity index (χ1) is 10.1. The zero-order chi connectivity index (χ0) is 15.0. The molecule has 21 heavy (non-hydrogen) atoms. The fourth-order valence-electron chi connectivity index (χ4n) is 1.86. The molecule has 3 rings (SSSR count). The number of halogens is 2. The van der Waals surface area contributed by atoms with Crippen LogP contribution in [0.25, 0.3) is 11.0 Å². The van der Waals surface area contributed by atoms with Gasteiger partial charge in [-0.25, -0.2) is 14.2 Å². The number of carboxylic acid groups (broad SMARTS) is 1. The highest BCUT2D eigenvalue weighted by Crippen LogP contribution is 2.34. The van der Waals surface area contributed by atoms with Crippen molar-refractivity contribution >= 4 is 44.7 Å². The summed E-state index contributed by atoms with van der Waals surface area (Å²) in [5.41, 5.74) is 1.55. The fourth-order valence-corrected chi connectivity index (χ4v) is 3.35. The van der Waals surface area contributed by atoms with Crippen LogP contribution in [0, 0.1) is 5.82 Å². The molecule has 0 saturated heterocycles. The van der Waals surface area contributed by atoms with Crippen LogP contribution in [0.3, 0.4) is 0 Å². The van der Waals surface area contributed by atoms with Crippen molar-refractivity contribution in [3.8, 4) is 0 Å². The lowest BCUT2D eigenvalue weighted by Gasteiger charge is -2.05. The zero-order valence-corrected chi connectivity index (χ0v) is 12.8. The van der Waals surface area contributed by atoms with Crippen molar-refractivity contribution in [2.24, 2.45) is 0 Å². The largest absolute Gasteiger partial charge is 0.478 e. The number of para-hydroxylation sites is 2. The minimum Gasteiger partial charge on any atom is -0.478 e. The molecule has 0 radical (unpaired) electrons. The maximum absolute atomic E-state index is 14.2. The van der Waals surface area contributed by atoms with Gasteiger partial charge in [-0.15, -0.1) is 0 Å². The van der Waals surface area contributed by atoms with E-state index in [0.29, 0.717) is 10.1 Å². The van der Waals surface area contributed by atoms with E-state index >= 15 is 0 Å². The number of aromatic amines is 1. The van der Waals surface area contributed by atoms with Crippen molar-refractivity contribution in [2.45, 2.75) is 10.1 Å². The molecule has 0 fully saturated rings. The van der Waals surface area contributed by atoms with Crippen molar-refractivity contribution in [1.82, 2.24) is 9.97 Å². The van der Waals surface area contributed by atoms with Crippen LogP contribution in [0.15, 0.2) is 50.9 Å². The molecule has 0 amide bonds. The monoisotopic (exact) mass is 366 g/mol. The SMILES string of the molecule is O=C(O)c1ccc(Sc2nc3ccccc3[nH]2)c(F)c1Br. The molecule has 0 atom stereocenters. The third kappa shape index (κ3) is 2.66. The number of rotatable bonds is 3. The predicted octanol–water partition coefficient (Wildman–Crippen LogP) is 4.31. The van der Waals surface area contributed by atoms with Gasteiger partial charge in [-0.05, 0) is 52.0 Å². The van der Waals surface area contributed by atoms with Crippen molar-refractivity contribution in [3.05, 3.63) is 52.3 Å². The smallest absolute Gasteiger partial charge is 0.336 e. The molecule has 0 bridgehead atoms. The molecule has 4 nitrogen and oxygen atoms in total. The van der Waals surface area contributed by atoms with Crippen LogP contribution in [0.5, 0.6) is 0 Å². The predicted molar refractivity (Wildman–Crippen MR) is 81.3 cm³/mol. The number of imidazole rings is 1. The average molecular weight is 367 g/mol. The van der Waals surface area contributed by atoms with Crippen molar-refractivity contribution in [1.29, 1.82) is 0 Å². The number of hydrogen-bond donors (Lipinski definition) is 2. The third-order valence-electron chi connectivity index (χ3n) is 2.85. The Kier molecular flexibility index (Phi) is 3.69. The van der Waals surface area contributed by atoms with Gasteiger partial charge in [0.05, 0.1) is 26.0 Å². The van der Waals surface area contributed by atoms with Crippen LogP contribution in [-0.2, 0) is 0 Å². The second-order valence-electron chi connectivity index (χ2n) is 4.21. The molecule has 0 aliphatic rings. The first kappa shape index (κ1) is 14.1. The summed E-state index contributed by atoms with van der Waals surface area (Å²) in [6, 6.07) is 10.3. The molecule has 0 aliphatic heterocycles. The fraction of sp³-hybridized carbons (Fsp3) is 0. The number of carboxylic acids is 1. The van der Waals surface area contributed by atoms with Crippen LogP contribution in [0.2, 0.25) is 0 Å². The second-order valence-corrected chi connectivity index (χ2v) is 6.03. The number of carbonyl (C=O) groups is 1. The molecule has 1 aromatic heterocycles. The Hall–Kier alpha value is -1.86. The average Bonchev–Trinajstić information content (AvgIpc) is 2.86. The van der Waals surface area contributed by atoms with Crippen LogP contribution in [0.1, 0.15) is 10.4 Å². The van der Waals surface area contributed by atoms with Gasteiger partial charge in [-0.3, -0.25) is 0 Å². The van der Waals surface area contributed by atoms with Crippen LogP contribution >= 0.6 is 27.7 Å². The van der Waals surface area contributed by atoms with E-state index in [9.17, 15) is 9.18 Å². The Bertz CT molecular complexity index is 817. The van der Waals surface area contributed by atoms with Crippen LogP contribution in [-0.4, -0.2) is 21.0 Å². The molecule has 0 unspecified atom stereocenters. The number of nitrogens with one attached hydrogen (secondary N) is 1. The normalized spacial score (nSPS) is 11.0. The highest BCUT2D eigenvalue weighted by molar-refractivity contribution is 9.10. The number of nitrogens with zero attached hydrogens (tertiary/aromatic N) is 1. The van der Waals surface area contributed by atoms with Gasteiger partial charge in [-0.2, -0.15) is 0 Å². The van der Waals surface area contributed by atoms with Crippen molar-refractivity contribution < 1.29 is 14.3 Å².